The first-order valence-corrected chi connectivity index (χ1v) is 33.2. The molecule has 0 saturated heterocycles. The summed E-state index contributed by atoms with van der Waals surface area (Å²) in [6.45, 7) is -0.227. The SMILES string of the molecule is c1ccc(-c2c3ccccc3c(N(c3ccccc3)c3cc4c5c(c3)N(c3ccccc3)c3ccccc3B5c3cc5c(cc3S4)N(c3ccccc3)c3cc(N(c4ccccc4)c4ccccc4)cc4c3B5c3ccccc3N4c3ccccc3)c3ccccc23)cc1. The van der Waals surface area contributed by atoms with Crippen LogP contribution in [0.5, 0.6) is 0 Å². The highest BCUT2D eigenvalue weighted by Crippen LogP contribution is 2.53. The van der Waals surface area contributed by atoms with Gasteiger partial charge >= 0.3 is 0 Å². The van der Waals surface area contributed by atoms with E-state index in [-0.39, 0.29) is 13.4 Å². The van der Waals surface area contributed by atoms with E-state index in [2.05, 4.69) is 370 Å². The second-order valence-electron chi connectivity index (χ2n) is 24.7. The zero-order valence-electron chi connectivity index (χ0n) is 51.2. The van der Waals surface area contributed by atoms with Crippen LogP contribution < -0.4 is 57.3 Å². The van der Waals surface area contributed by atoms with Gasteiger partial charge in [-0.15, -0.1) is 0 Å². The van der Waals surface area contributed by atoms with Gasteiger partial charge in [0.05, 0.1) is 11.4 Å². The monoisotopic (exact) mass is 1210 g/mol. The Morgan fingerprint density at radius 3 is 1.11 bits per heavy atom. The quantitative estimate of drug-likeness (QED) is 0.0995. The van der Waals surface area contributed by atoms with Crippen LogP contribution >= 0.6 is 11.8 Å². The van der Waals surface area contributed by atoms with Gasteiger partial charge in [0, 0.05) is 94.5 Å². The molecule has 4 heterocycles. The first-order valence-electron chi connectivity index (χ1n) is 32.4. The van der Waals surface area contributed by atoms with Crippen molar-refractivity contribution >= 4 is 165 Å². The first-order chi connectivity index (χ1) is 46.7. The van der Waals surface area contributed by atoms with Gasteiger partial charge in [-0.1, -0.05) is 248 Å². The molecule has 0 saturated carbocycles. The van der Waals surface area contributed by atoms with Crippen molar-refractivity contribution < 1.29 is 0 Å². The van der Waals surface area contributed by atoms with Crippen LogP contribution in [0, 0.1) is 0 Å². The van der Waals surface area contributed by atoms with E-state index in [1.807, 2.05) is 11.8 Å². The molecule has 15 aromatic carbocycles. The third kappa shape index (κ3) is 8.46. The zero-order valence-corrected chi connectivity index (χ0v) is 52.0. The number of anilines is 15. The maximum atomic E-state index is 2.64. The molecule has 0 amide bonds. The van der Waals surface area contributed by atoms with Crippen molar-refractivity contribution in [1.82, 2.24) is 0 Å². The second-order valence-corrected chi connectivity index (χ2v) is 25.8. The highest BCUT2D eigenvalue weighted by atomic mass is 32.2. The molecule has 4 aliphatic heterocycles. The van der Waals surface area contributed by atoms with Crippen molar-refractivity contribution in [2.24, 2.45) is 0 Å². The molecule has 94 heavy (non-hydrogen) atoms. The molecule has 19 rings (SSSR count). The van der Waals surface area contributed by atoms with E-state index in [4.69, 9.17) is 0 Å². The number of rotatable bonds is 10. The van der Waals surface area contributed by atoms with Crippen LogP contribution in [0.25, 0.3) is 32.7 Å². The summed E-state index contributed by atoms with van der Waals surface area (Å²) >= 11 is 1.92. The Hall–Kier alpha value is -11.7. The number of hydrogen-bond acceptors (Lipinski definition) is 6. The number of hydrogen-bond donors (Lipinski definition) is 0. The lowest BCUT2D eigenvalue weighted by atomic mass is 9.31. The number of benzene rings is 15. The van der Waals surface area contributed by atoms with Gasteiger partial charge in [-0.05, 0) is 164 Å². The van der Waals surface area contributed by atoms with Crippen LogP contribution in [0.3, 0.4) is 0 Å². The van der Waals surface area contributed by atoms with Gasteiger partial charge in [-0.25, -0.2) is 0 Å². The fourth-order valence-electron chi connectivity index (χ4n) is 15.8. The predicted octanol–water partition coefficient (Wildman–Crippen LogP) is 19.4. The highest BCUT2D eigenvalue weighted by Gasteiger charge is 2.48. The Morgan fingerprint density at radius 1 is 0.245 bits per heavy atom. The molecule has 0 atom stereocenters. The molecule has 0 N–H and O–H groups in total. The number of para-hydroxylation sites is 8. The van der Waals surface area contributed by atoms with Crippen molar-refractivity contribution in [1.29, 1.82) is 0 Å². The molecule has 438 valence electrons. The summed E-state index contributed by atoms with van der Waals surface area (Å²) in [5, 5.41) is 4.78. The van der Waals surface area contributed by atoms with Crippen molar-refractivity contribution in [2.45, 2.75) is 9.79 Å². The van der Waals surface area contributed by atoms with E-state index in [0.717, 1.165) is 62.6 Å². The Labute approximate surface area is 552 Å². The average molecular weight is 1210 g/mol. The molecule has 8 heteroatoms. The molecular formula is C86H57B2N5S. The first kappa shape index (κ1) is 54.1. The van der Waals surface area contributed by atoms with E-state index in [1.165, 1.54) is 98.0 Å². The van der Waals surface area contributed by atoms with Crippen LogP contribution in [-0.2, 0) is 0 Å². The van der Waals surface area contributed by atoms with E-state index in [1.54, 1.807) is 0 Å². The summed E-state index contributed by atoms with van der Waals surface area (Å²) in [5.41, 5.74) is 27.0. The summed E-state index contributed by atoms with van der Waals surface area (Å²) in [4.78, 5) is 15.1. The van der Waals surface area contributed by atoms with Crippen molar-refractivity contribution in [3.8, 4) is 11.1 Å². The predicted molar refractivity (Wildman–Crippen MR) is 400 cm³/mol. The molecule has 0 fully saturated rings. The van der Waals surface area contributed by atoms with Gasteiger partial charge in [0.25, 0.3) is 6.71 Å². The molecule has 4 aliphatic rings. The van der Waals surface area contributed by atoms with Crippen molar-refractivity contribution in [2.75, 3.05) is 24.5 Å². The highest BCUT2D eigenvalue weighted by molar-refractivity contribution is 8.00. The summed E-state index contributed by atoms with van der Waals surface area (Å²) in [7, 11) is 0. The lowest BCUT2D eigenvalue weighted by Gasteiger charge is -2.46. The molecule has 0 radical (unpaired) electrons. The third-order valence-corrected chi connectivity index (χ3v) is 20.7. The van der Waals surface area contributed by atoms with Gasteiger partial charge in [-0.3, -0.25) is 0 Å². The van der Waals surface area contributed by atoms with Crippen molar-refractivity contribution in [3.05, 3.63) is 346 Å². The third-order valence-electron chi connectivity index (χ3n) is 19.5. The minimum atomic E-state index is -0.123. The van der Waals surface area contributed by atoms with E-state index in [0.29, 0.717) is 0 Å². The summed E-state index contributed by atoms with van der Waals surface area (Å²) in [5.74, 6) is 0. The van der Waals surface area contributed by atoms with Gasteiger partial charge in [0.15, 0.2) is 0 Å². The van der Waals surface area contributed by atoms with E-state index in [9.17, 15) is 0 Å². The molecule has 0 unspecified atom stereocenters. The Kier molecular flexibility index (Phi) is 12.7. The van der Waals surface area contributed by atoms with Crippen LogP contribution in [0.2, 0.25) is 0 Å². The van der Waals surface area contributed by atoms with Gasteiger partial charge < -0.3 is 24.5 Å². The minimum absolute atomic E-state index is 0.105. The Balaban J connectivity index is 0.889. The maximum Gasteiger partial charge on any atom is 0.252 e. The normalized spacial score (nSPS) is 13.0. The minimum Gasteiger partial charge on any atom is -0.311 e. The van der Waals surface area contributed by atoms with Crippen molar-refractivity contribution in [3.63, 3.8) is 0 Å². The summed E-state index contributed by atoms with van der Waals surface area (Å²) in [6.07, 6.45) is 0. The zero-order chi connectivity index (χ0) is 61.8. The van der Waals surface area contributed by atoms with E-state index < -0.39 is 0 Å². The molecule has 0 bridgehead atoms. The van der Waals surface area contributed by atoms with Crippen LogP contribution in [0.4, 0.5) is 85.3 Å². The summed E-state index contributed by atoms with van der Waals surface area (Å²) < 4.78 is 0. The van der Waals surface area contributed by atoms with Gasteiger partial charge in [0.2, 0.25) is 6.71 Å². The average Bonchev–Trinajstić information content (AvgIpc) is 0.697. The largest absolute Gasteiger partial charge is 0.311 e. The lowest BCUT2D eigenvalue weighted by Crippen LogP contribution is -2.64. The van der Waals surface area contributed by atoms with Crippen LogP contribution in [0.1, 0.15) is 0 Å². The number of nitrogens with zero attached hydrogens (tertiary/aromatic N) is 5. The van der Waals surface area contributed by atoms with Gasteiger partial charge in [-0.2, -0.15) is 0 Å². The number of fused-ring (bicyclic) bond motifs is 10. The lowest BCUT2D eigenvalue weighted by molar-refractivity contribution is 1.22. The van der Waals surface area contributed by atoms with Gasteiger partial charge in [0.1, 0.15) is 0 Å². The standard InChI is InChI=1S/C86H57B2N5S/c1-8-30-58(31-9-1)83-67-44-22-24-46-69(67)86(70-47-25-23-45-68(70)83)90(61-36-14-4-15-37-61)66-54-80-85-82(55-66)94-81-57-77-73(56-74(81)88(85)72-49-27-29-51-76(72)92(80)63-40-18-6-19-41-63)87-71-48-26-28-50-75(71)91(62-38-16-5-17-39-62)78-52-65(53-79(84(78)87)93(77)64-42-20-7-21-43-64)89(59-32-10-2-11-33-59)60-34-12-3-13-35-60/h1-57H. The molecule has 0 spiro atoms. The fourth-order valence-corrected chi connectivity index (χ4v) is 17.0. The Bertz CT molecular complexity index is 5360. The second kappa shape index (κ2) is 22.0. The van der Waals surface area contributed by atoms with Crippen LogP contribution in [-0.4, -0.2) is 13.4 Å². The fraction of sp³-hybridized carbons (Fsp3) is 0. The Morgan fingerprint density at radius 2 is 0.617 bits per heavy atom. The molecule has 15 aromatic rings. The molecule has 0 aliphatic carbocycles. The smallest absolute Gasteiger partial charge is 0.252 e. The molecular weight excluding hydrogens is 1160 g/mol. The maximum absolute atomic E-state index is 2.64. The molecule has 0 aromatic heterocycles. The van der Waals surface area contributed by atoms with Crippen LogP contribution in [0.15, 0.2) is 356 Å². The molecule has 5 nitrogen and oxygen atoms in total. The topological polar surface area (TPSA) is 16.2 Å². The summed E-state index contributed by atoms with van der Waals surface area (Å²) in [6, 6.07) is 128. The van der Waals surface area contributed by atoms with E-state index >= 15 is 0 Å².